The van der Waals surface area contributed by atoms with Crippen molar-refractivity contribution in [1.82, 2.24) is 0 Å². The molecule has 0 N–H and O–H groups in total. The molecule has 2 heterocycles. The zero-order valence-corrected chi connectivity index (χ0v) is 10.0. The summed E-state index contributed by atoms with van der Waals surface area (Å²) in [6.45, 7) is 4.84. The van der Waals surface area contributed by atoms with Gasteiger partial charge in [-0.1, -0.05) is 13.8 Å². The summed E-state index contributed by atoms with van der Waals surface area (Å²) in [5.74, 6) is 4.19. The number of rotatable bonds is 1. The molecule has 0 aromatic rings. The minimum Gasteiger partial charge on any atom is -0.323 e. The Morgan fingerprint density at radius 1 is 0.929 bits per heavy atom. The smallest absolute Gasteiger partial charge is 0.0924 e. The molecule has 0 aromatic heterocycles. The molecule has 3 fully saturated rings. The van der Waals surface area contributed by atoms with Crippen molar-refractivity contribution in [2.24, 2.45) is 23.7 Å². The van der Waals surface area contributed by atoms with Crippen molar-refractivity contribution in [3.8, 4) is 0 Å². The van der Waals surface area contributed by atoms with Gasteiger partial charge in [-0.25, -0.2) is 0 Å². The minimum absolute atomic E-state index is 0.915. The summed E-state index contributed by atoms with van der Waals surface area (Å²) in [6.07, 6.45) is 4.60. The summed E-state index contributed by atoms with van der Waals surface area (Å²) in [6, 6.07) is 2.04. The standard InChI is InChI=1S/C13H24N/c1-8(2)9-5-12-10-7-11(10)13(6-9)14(12,3)4/h8-13H,5-7H2,1-4H3/q+1/t9?,10-,11+,12+,13-. The molecule has 5 atom stereocenters. The van der Waals surface area contributed by atoms with Gasteiger partial charge in [0.15, 0.2) is 0 Å². The van der Waals surface area contributed by atoms with E-state index in [-0.39, 0.29) is 0 Å². The van der Waals surface area contributed by atoms with E-state index in [9.17, 15) is 0 Å². The molecular weight excluding hydrogens is 170 g/mol. The van der Waals surface area contributed by atoms with Gasteiger partial charge in [0.25, 0.3) is 0 Å². The topological polar surface area (TPSA) is 0 Å². The van der Waals surface area contributed by atoms with Crippen LogP contribution in [0.15, 0.2) is 0 Å². The first kappa shape index (κ1) is 9.21. The van der Waals surface area contributed by atoms with Crippen LogP contribution < -0.4 is 0 Å². The molecule has 2 bridgehead atoms. The molecule has 80 valence electrons. The van der Waals surface area contributed by atoms with Gasteiger partial charge in [0, 0.05) is 24.7 Å². The quantitative estimate of drug-likeness (QED) is 0.563. The van der Waals surface area contributed by atoms with Gasteiger partial charge in [0.2, 0.25) is 0 Å². The molecule has 1 heteroatoms. The summed E-state index contributed by atoms with van der Waals surface area (Å²) in [5, 5.41) is 0. The Hall–Kier alpha value is -0.0400. The van der Waals surface area contributed by atoms with Crippen molar-refractivity contribution < 1.29 is 4.48 Å². The van der Waals surface area contributed by atoms with Crippen molar-refractivity contribution in [2.75, 3.05) is 14.1 Å². The lowest BCUT2D eigenvalue weighted by Gasteiger charge is -2.47. The molecule has 14 heavy (non-hydrogen) atoms. The second-order valence-corrected chi connectivity index (χ2v) is 6.80. The van der Waals surface area contributed by atoms with Gasteiger partial charge in [-0.15, -0.1) is 0 Å². The third-order valence-corrected chi connectivity index (χ3v) is 5.62. The van der Waals surface area contributed by atoms with E-state index in [0.29, 0.717) is 0 Å². The van der Waals surface area contributed by atoms with Gasteiger partial charge < -0.3 is 4.48 Å². The van der Waals surface area contributed by atoms with E-state index in [1.165, 1.54) is 17.3 Å². The van der Waals surface area contributed by atoms with Crippen LogP contribution >= 0.6 is 0 Å². The minimum atomic E-state index is 0.915. The van der Waals surface area contributed by atoms with E-state index >= 15 is 0 Å². The predicted octanol–water partition coefficient (Wildman–Crippen LogP) is 2.52. The van der Waals surface area contributed by atoms with Gasteiger partial charge in [-0.2, -0.15) is 0 Å². The van der Waals surface area contributed by atoms with Crippen LogP contribution in [0.25, 0.3) is 0 Å². The number of fused-ring (bicyclic) bond motifs is 5. The second-order valence-electron chi connectivity index (χ2n) is 6.80. The average Bonchev–Trinajstić information content (AvgIpc) is 2.75. The lowest BCUT2D eigenvalue weighted by Crippen LogP contribution is -2.57. The zero-order chi connectivity index (χ0) is 10.1. The lowest BCUT2D eigenvalue weighted by atomic mass is 9.79. The van der Waals surface area contributed by atoms with Gasteiger partial charge >= 0.3 is 0 Å². The number of quaternary nitrogens is 1. The molecule has 1 saturated carbocycles. The summed E-state index contributed by atoms with van der Waals surface area (Å²) in [7, 11) is 4.97. The van der Waals surface area contributed by atoms with Crippen LogP contribution in [0.2, 0.25) is 0 Å². The van der Waals surface area contributed by atoms with Crippen molar-refractivity contribution in [3.63, 3.8) is 0 Å². The predicted molar refractivity (Wildman–Crippen MR) is 58.8 cm³/mol. The van der Waals surface area contributed by atoms with E-state index in [4.69, 9.17) is 0 Å². The van der Waals surface area contributed by atoms with Crippen LogP contribution in [-0.4, -0.2) is 30.7 Å². The van der Waals surface area contributed by atoms with Gasteiger partial charge in [0.05, 0.1) is 26.2 Å². The third kappa shape index (κ3) is 0.997. The molecular formula is C13H24N+. The summed E-state index contributed by atoms with van der Waals surface area (Å²) in [4.78, 5) is 0. The van der Waals surface area contributed by atoms with Crippen molar-refractivity contribution in [2.45, 2.75) is 45.2 Å². The second kappa shape index (κ2) is 2.55. The maximum absolute atomic E-state index is 2.48. The van der Waals surface area contributed by atoms with Gasteiger partial charge in [0.1, 0.15) is 0 Å². The van der Waals surface area contributed by atoms with E-state index in [2.05, 4.69) is 27.9 Å². The van der Waals surface area contributed by atoms with Crippen LogP contribution in [0.1, 0.15) is 33.1 Å². The van der Waals surface area contributed by atoms with E-state index < -0.39 is 0 Å². The molecule has 1 nitrogen and oxygen atoms in total. The maximum Gasteiger partial charge on any atom is 0.0924 e. The zero-order valence-electron chi connectivity index (χ0n) is 10.0. The molecule has 1 unspecified atom stereocenters. The molecule has 0 amide bonds. The highest BCUT2D eigenvalue weighted by Gasteiger charge is 2.67. The Bertz CT molecular complexity index is 236. The van der Waals surface area contributed by atoms with Crippen LogP contribution in [0.5, 0.6) is 0 Å². The Morgan fingerprint density at radius 3 is 1.86 bits per heavy atom. The SMILES string of the molecule is CC(C)C1C[C@@H]2[C@H]3C[C@H]3[C@H](C1)[N+]2(C)C. The molecule has 0 spiro atoms. The highest BCUT2D eigenvalue weighted by Crippen LogP contribution is 2.62. The van der Waals surface area contributed by atoms with Crippen molar-refractivity contribution >= 4 is 0 Å². The molecule has 2 aliphatic heterocycles. The highest BCUT2D eigenvalue weighted by atomic mass is 15.4. The van der Waals surface area contributed by atoms with Crippen molar-refractivity contribution in [1.29, 1.82) is 0 Å². The Balaban J connectivity index is 1.85. The Kier molecular flexibility index (Phi) is 1.68. The molecule has 3 aliphatic rings. The first-order chi connectivity index (χ1) is 6.51. The molecule has 2 saturated heterocycles. The monoisotopic (exact) mass is 194 g/mol. The number of nitrogens with zero attached hydrogens (tertiary/aromatic N) is 1. The fourth-order valence-corrected chi connectivity index (χ4v) is 4.51. The van der Waals surface area contributed by atoms with Crippen LogP contribution in [0, 0.1) is 23.7 Å². The normalized spacial score (nSPS) is 53.4. The van der Waals surface area contributed by atoms with Gasteiger partial charge in [-0.05, 0) is 18.3 Å². The third-order valence-electron chi connectivity index (χ3n) is 5.62. The molecule has 1 aliphatic carbocycles. The first-order valence-electron chi connectivity index (χ1n) is 6.35. The fourth-order valence-electron chi connectivity index (χ4n) is 4.51. The fraction of sp³-hybridized carbons (Fsp3) is 1.00. The molecule has 0 aromatic carbocycles. The summed E-state index contributed by atoms with van der Waals surface area (Å²) < 4.78 is 1.36. The van der Waals surface area contributed by atoms with Crippen molar-refractivity contribution in [3.05, 3.63) is 0 Å². The Morgan fingerprint density at radius 2 is 1.43 bits per heavy atom. The Labute approximate surface area is 88.1 Å². The van der Waals surface area contributed by atoms with Crippen LogP contribution in [0.4, 0.5) is 0 Å². The van der Waals surface area contributed by atoms with Crippen LogP contribution in [0.3, 0.4) is 0 Å². The van der Waals surface area contributed by atoms with E-state index in [1.807, 2.05) is 0 Å². The molecule has 3 rings (SSSR count). The maximum atomic E-state index is 2.48. The molecule has 0 radical (unpaired) electrons. The summed E-state index contributed by atoms with van der Waals surface area (Å²) >= 11 is 0. The first-order valence-corrected chi connectivity index (χ1v) is 6.35. The average molecular weight is 194 g/mol. The van der Waals surface area contributed by atoms with Crippen LogP contribution in [-0.2, 0) is 0 Å². The number of piperidine rings is 2. The van der Waals surface area contributed by atoms with Gasteiger partial charge in [-0.3, -0.25) is 0 Å². The highest BCUT2D eigenvalue weighted by molar-refractivity contribution is 5.06. The number of hydrogen-bond acceptors (Lipinski definition) is 0. The van der Waals surface area contributed by atoms with E-state index in [1.54, 1.807) is 6.42 Å². The lowest BCUT2D eigenvalue weighted by molar-refractivity contribution is -0.937. The summed E-state index contributed by atoms with van der Waals surface area (Å²) in [5.41, 5.74) is 0. The largest absolute Gasteiger partial charge is 0.323 e. The van der Waals surface area contributed by atoms with E-state index in [0.717, 1.165) is 35.8 Å². The number of hydrogen-bond donors (Lipinski definition) is 0.